The Hall–Kier alpha value is -2.81. The highest BCUT2D eigenvalue weighted by Crippen LogP contribution is 2.26. The summed E-state index contributed by atoms with van der Waals surface area (Å²) in [7, 11) is 0. The van der Waals surface area contributed by atoms with Gasteiger partial charge in [-0.15, -0.1) is 0 Å². The molecule has 0 radical (unpaired) electrons. The fourth-order valence-electron chi connectivity index (χ4n) is 4.60. The van der Waals surface area contributed by atoms with Crippen LogP contribution < -0.4 is 5.32 Å². The molecule has 1 N–H and O–H groups in total. The average Bonchev–Trinajstić information content (AvgIpc) is 3.30. The molecule has 1 saturated heterocycles. The van der Waals surface area contributed by atoms with E-state index in [-0.39, 0.29) is 28.9 Å². The molecule has 2 heterocycles. The summed E-state index contributed by atoms with van der Waals surface area (Å²) in [6.45, 7) is 3.16. The molecule has 1 aromatic heterocycles. The van der Waals surface area contributed by atoms with E-state index in [1.54, 1.807) is 6.07 Å². The number of nitrogens with zero attached hydrogens (tertiary/aromatic N) is 5. The lowest BCUT2D eigenvalue weighted by Crippen LogP contribution is -2.46. The second kappa shape index (κ2) is 9.34. The van der Waals surface area contributed by atoms with Crippen molar-refractivity contribution in [3.8, 4) is 5.69 Å². The Bertz CT molecular complexity index is 871. The summed E-state index contributed by atoms with van der Waals surface area (Å²) in [6.07, 6.45) is 11.3. The molecule has 30 heavy (non-hydrogen) atoms. The summed E-state index contributed by atoms with van der Waals surface area (Å²) in [5.74, 6) is 0.558. The van der Waals surface area contributed by atoms with Crippen molar-refractivity contribution in [2.45, 2.75) is 51.0 Å². The van der Waals surface area contributed by atoms with Gasteiger partial charge in [0.25, 0.3) is 11.6 Å². The fourth-order valence-corrected chi connectivity index (χ4v) is 4.60. The monoisotopic (exact) mass is 412 g/mol. The van der Waals surface area contributed by atoms with Gasteiger partial charge in [0.1, 0.15) is 18.3 Å². The highest BCUT2D eigenvalue weighted by molar-refractivity contribution is 5.95. The Kier molecular flexibility index (Phi) is 6.37. The van der Waals surface area contributed by atoms with Crippen molar-refractivity contribution in [2.24, 2.45) is 5.92 Å². The molecule has 2 aromatic rings. The number of hydrogen-bond acceptors (Lipinski definition) is 6. The molecule has 2 aliphatic rings. The molecule has 1 amide bonds. The van der Waals surface area contributed by atoms with Gasteiger partial charge in [-0.3, -0.25) is 14.9 Å². The van der Waals surface area contributed by atoms with Crippen LogP contribution in [0.2, 0.25) is 0 Å². The van der Waals surface area contributed by atoms with Crippen molar-refractivity contribution in [3.05, 3.63) is 46.5 Å². The first kappa shape index (κ1) is 20.5. The number of carbonyl (C=O) groups excluding carboxylic acids is 1. The van der Waals surface area contributed by atoms with Crippen LogP contribution in [0.4, 0.5) is 5.69 Å². The van der Waals surface area contributed by atoms with Crippen molar-refractivity contribution in [1.82, 2.24) is 25.0 Å². The summed E-state index contributed by atoms with van der Waals surface area (Å²) < 4.78 is 1.32. The van der Waals surface area contributed by atoms with Gasteiger partial charge in [-0.2, -0.15) is 5.10 Å². The number of carbonyl (C=O) groups is 1. The van der Waals surface area contributed by atoms with Crippen LogP contribution in [0.25, 0.3) is 5.69 Å². The summed E-state index contributed by atoms with van der Waals surface area (Å²) >= 11 is 0. The molecule has 160 valence electrons. The first-order valence-electron chi connectivity index (χ1n) is 10.8. The number of benzene rings is 1. The summed E-state index contributed by atoms with van der Waals surface area (Å²) in [4.78, 5) is 30.0. The van der Waals surface area contributed by atoms with Gasteiger partial charge in [0.2, 0.25) is 0 Å². The van der Waals surface area contributed by atoms with E-state index in [1.807, 2.05) is 0 Å². The minimum Gasteiger partial charge on any atom is -0.349 e. The molecule has 2 fully saturated rings. The number of amides is 1. The summed E-state index contributed by atoms with van der Waals surface area (Å²) in [5.41, 5.74) is 0.399. The second-order valence-electron chi connectivity index (χ2n) is 8.35. The number of rotatable bonds is 6. The third-order valence-corrected chi connectivity index (χ3v) is 6.26. The van der Waals surface area contributed by atoms with E-state index < -0.39 is 4.92 Å². The molecule has 1 aliphatic carbocycles. The standard InChI is InChI=1S/C21H28N6O3/c28-21(17-6-7-19(20(12-17)27(29)30)26-15-22-14-23-26)24-18-8-10-25(11-9-18)13-16-4-2-1-3-5-16/h6-7,12,14-16,18H,1-5,8-11,13H2,(H,24,28). The maximum absolute atomic E-state index is 12.7. The second-order valence-corrected chi connectivity index (χ2v) is 8.35. The predicted molar refractivity (Wildman–Crippen MR) is 112 cm³/mol. The van der Waals surface area contributed by atoms with Crippen LogP contribution in [0.5, 0.6) is 0 Å². The van der Waals surface area contributed by atoms with Gasteiger partial charge in [0, 0.05) is 37.3 Å². The van der Waals surface area contributed by atoms with Crippen LogP contribution in [0.15, 0.2) is 30.9 Å². The lowest BCUT2D eigenvalue weighted by molar-refractivity contribution is -0.384. The highest BCUT2D eigenvalue weighted by Gasteiger charge is 2.25. The van der Waals surface area contributed by atoms with E-state index in [1.165, 1.54) is 68.1 Å². The first-order valence-corrected chi connectivity index (χ1v) is 10.8. The van der Waals surface area contributed by atoms with Crippen molar-refractivity contribution >= 4 is 11.6 Å². The number of likely N-dealkylation sites (tertiary alicyclic amines) is 1. The van der Waals surface area contributed by atoms with Gasteiger partial charge in [-0.25, -0.2) is 9.67 Å². The Morgan fingerprint density at radius 2 is 1.93 bits per heavy atom. The largest absolute Gasteiger partial charge is 0.349 e. The SMILES string of the molecule is O=C(NC1CCN(CC2CCCCC2)CC1)c1ccc(-n2cncn2)c([N+](=O)[O-])c1. The van der Waals surface area contributed by atoms with E-state index in [9.17, 15) is 14.9 Å². The summed E-state index contributed by atoms with van der Waals surface area (Å²) in [6, 6.07) is 4.55. The van der Waals surface area contributed by atoms with Crippen LogP contribution in [-0.2, 0) is 0 Å². The molecule has 1 aliphatic heterocycles. The number of piperidine rings is 1. The fraction of sp³-hybridized carbons (Fsp3) is 0.571. The van der Waals surface area contributed by atoms with E-state index in [2.05, 4.69) is 20.3 Å². The van der Waals surface area contributed by atoms with Crippen molar-refractivity contribution in [2.75, 3.05) is 19.6 Å². The average molecular weight is 412 g/mol. The van der Waals surface area contributed by atoms with E-state index in [4.69, 9.17) is 0 Å². The third kappa shape index (κ3) is 4.84. The number of nitro benzene ring substituents is 1. The topological polar surface area (TPSA) is 106 Å². The van der Waals surface area contributed by atoms with Gasteiger partial charge in [-0.1, -0.05) is 19.3 Å². The van der Waals surface area contributed by atoms with Crippen molar-refractivity contribution in [3.63, 3.8) is 0 Å². The molecule has 0 spiro atoms. The van der Waals surface area contributed by atoms with Crippen LogP contribution in [0.1, 0.15) is 55.3 Å². The van der Waals surface area contributed by atoms with E-state index in [0.29, 0.717) is 0 Å². The maximum Gasteiger partial charge on any atom is 0.295 e. The lowest BCUT2D eigenvalue weighted by atomic mass is 9.88. The van der Waals surface area contributed by atoms with E-state index in [0.717, 1.165) is 31.8 Å². The first-order chi connectivity index (χ1) is 14.6. The Balaban J connectivity index is 1.34. The zero-order valence-electron chi connectivity index (χ0n) is 17.1. The highest BCUT2D eigenvalue weighted by atomic mass is 16.6. The minimum absolute atomic E-state index is 0.106. The van der Waals surface area contributed by atoms with Crippen LogP contribution >= 0.6 is 0 Å². The molecule has 0 atom stereocenters. The van der Waals surface area contributed by atoms with Crippen LogP contribution in [0, 0.1) is 16.0 Å². The predicted octanol–water partition coefficient (Wildman–Crippen LogP) is 2.95. The van der Waals surface area contributed by atoms with Crippen molar-refractivity contribution in [1.29, 1.82) is 0 Å². The summed E-state index contributed by atoms with van der Waals surface area (Å²) in [5, 5.41) is 18.5. The quantitative estimate of drug-likeness (QED) is 0.577. The Labute approximate surface area is 175 Å². The van der Waals surface area contributed by atoms with Gasteiger partial charge < -0.3 is 10.2 Å². The van der Waals surface area contributed by atoms with E-state index >= 15 is 0 Å². The molecule has 9 heteroatoms. The molecule has 1 aromatic carbocycles. The number of nitro groups is 1. The van der Waals surface area contributed by atoms with Crippen molar-refractivity contribution < 1.29 is 9.72 Å². The Morgan fingerprint density at radius 1 is 1.17 bits per heavy atom. The number of aromatic nitrogens is 3. The molecular weight excluding hydrogens is 384 g/mol. The van der Waals surface area contributed by atoms with Gasteiger partial charge in [-0.05, 0) is 43.7 Å². The molecule has 0 unspecified atom stereocenters. The zero-order chi connectivity index (χ0) is 20.9. The number of hydrogen-bond donors (Lipinski definition) is 1. The van der Waals surface area contributed by atoms with Gasteiger partial charge in [0.05, 0.1) is 4.92 Å². The number of nitrogens with one attached hydrogen (secondary N) is 1. The van der Waals surface area contributed by atoms with Crippen LogP contribution in [-0.4, -0.2) is 56.2 Å². The molecule has 4 rings (SSSR count). The maximum atomic E-state index is 12.7. The Morgan fingerprint density at radius 3 is 2.60 bits per heavy atom. The third-order valence-electron chi connectivity index (χ3n) is 6.26. The minimum atomic E-state index is -0.502. The molecule has 9 nitrogen and oxygen atoms in total. The van der Waals surface area contributed by atoms with Crippen LogP contribution in [0.3, 0.4) is 0 Å². The molecular formula is C21H28N6O3. The van der Waals surface area contributed by atoms with Gasteiger partial charge >= 0.3 is 0 Å². The lowest BCUT2D eigenvalue weighted by Gasteiger charge is -2.35. The zero-order valence-corrected chi connectivity index (χ0v) is 17.1. The normalized spacial score (nSPS) is 18.9. The molecule has 1 saturated carbocycles. The molecule has 0 bridgehead atoms. The van der Waals surface area contributed by atoms with Gasteiger partial charge in [0.15, 0.2) is 0 Å². The smallest absolute Gasteiger partial charge is 0.295 e.